The molecule has 0 unspecified atom stereocenters. The molecule has 0 amide bonds. The Morgan fingerprint density at radius 2 is 1.94 bits per heavy atom. The molecule has 0 saturated heterocycles. The number of sulfonamides is 1. The van der Waals surface area contributed by atoms with Crippen LogP contribution in [0.4, 0.5) is 5.69 Å². The number of benzene rings is 1. The Bertz CT molecular complexity index is 457. The highest BCUT2D eigenvalue weighted by atomic mass is 32.2. The van der Waals surface area contributed by atoms with Crippen molar-refractivity contribution in [1.82, 2.24) is 0 Å². The van der Waals surface area contributed by atoms with Crippen LogP contribution in [0.15, 0.2) is 24.3 Å². The zero-order valence-corrected chi connectivity index (χ0v) is 11.1. The van der Waals surface area contributed by atoms with Gasteiger partial charge in [-0.3, -0.25) is 4.31 Å². The lowest BCUT2D eigenvalue weighted by molar-refractivity contribution is 0.291. The van der Waals surface area contributed by atoms with Gasteiger partial charge in [0.15, 0.2) is 0 Å². The summed E-state index contributed by atoms with van der Waals surface area (Å²) in [5.41, 5.74) is 1.62. The third kappa shape index (κ3) is 3.44. The standard InChI is InChI=1S/C12H19NO3S/c1-3-17(15,16)13(9-6-10-14)12-8-5-4-7-11(12)2/h4-5,7-8,14H,3,6,9-10H2,1-2H3. The number of anilines is 1. The zero-order valence-electron chi connectivity index (χ0n) is 10.3. The van der Waals surface area contributed by atoms with E-state index in [-0.39, 0.29) is 12.4 Å². The second kappa shape index (κ2) is 6.02. The van der Waals surface area contributed by atoms with E-state index in [2.05, 4.69) is 0 Å². The summed E-state index contributed by atoms with van der Waals surface area (Å²) >= 11 is 0. The van der Waals surface area contributed by atoms with Gasteiger partial charge in [-0.05, 0) is 31.9 Å². The van der Waals surface area contributed by atoms with Gasteiger partial charge in [-0.1, -0.05) is 18.2 Å². The summed E-state index contributed by atoms with van der Waals surface area (Å²) in [5, 5.41) is 8.85. The number of rotatable bonds is 6. The molecule has 0 fully saturated rings. The maximum absolute atomic E-state index is 12.0. The van der Waals surface area contributed by atoms with E-state index in [4.69, 9.17) is 5.11 Å². The van der Waals surface area contributed by atoms with E-state index in [0.29, 0.717) is 18.7 Å². The Hall–Kier alpha value is -1.07. The van der Waals surface area contributed by atoms with E-state index in [1.54, 1.807) is 13.0 Å². The Labute approximate surface area is 103 Å². The highest BCUT2D eigenvalue weighted by Gasteiger charge is 2.21. The van der Waals surface area contributed by atoms with Crippen molar-refractivity contribution in [3.8, 4) is 0 Å². The van der Waals surface area contributed by atoms with Crippen LogP contribution in [0.25, 0.3) is 0 Å². The molecule has 0 aliphatic heterocycles. The van der Waals surface area contributed by atoms with E-state index < -0.39 is 10.0 Å². The highest BCUT2D eigenvalue weighted by Crippen LogP contribution is 2.22. The van der Waals surface area contributed by atoms with Crippen molar-refractivity contribution >= 4 is 15.7 Å². The van der Waals surface area contributed by atoms with Gasteiger partial charge in [0, 0.05) is 13.2 Å². The van der Waals surface area contributed by atoms with E-state index in [0.717, 1.165) is 5.56 Å². The maximum Gasteiger partial charge on any atom is 0.234 e. The molecule has 96 valence electrons. The van der Waals surface area contributed by atoms with Crippen molar-refractivity contribution in [2.75, 3.05) is 23.2 Å². The Kier molecular flexibility index (Phi) is 4.96. The number of aliphatic hydroxyl groups is 1. The van der Waals surface area contributed by atoms with Crippen molar-refractivity contribution in [2.45, 2.75) is 20.3 Å². The first-order chi connectivity index (χ1) is 8.03. The molecule has 0 aromatic heterocycles. The third-order valence-corrected chi connectivity index (χ3v) is 4.38. The molecule has 0 aliphatic carbocycles. The minimum atomic E-state index is -3.29. The topological polar surface area (TPSA) is 57.6 Å². The van der Waals surface area contributed by atoms with Crippen LogP contribution in [-0.2, 0) is 10.0 Å². The van der Waals surface area contributed by atoms with Gasteiger partial charge in [-0.15, -0.1) is 0 Å². The molecule has 5 heteroatoms. The van der Waals surface area contributed by atoms with E-state index in [1.807, 2.05) is 25.1 Å². The van der Waals surface area contributed by atoms with Crippen LogP contribution in [-0.4, -0.2) is 32.4 Å². The fraction of sp³-hybridized carbons (Fsp3) is 0.500. The lowest BCUT2D eigenvalue weighted by atomic mass is 10.2. The van der Waals surface area contributed by atoms with Crippen molar-refractivity contribution in [2.24, 2.45) is 0 Å². The van der Waals surface area contributed by atoms with Gasteiger partial charge < -0.3 is 5.11 Å². The molecule has 17 heavy (non-hydrogen) atoms. The van der Waals surface area contributed by atoms with Crippen LogP contribution in [0.1, 0.15) is 18.9 Å². The zero-order chi connectivity index (χ0) is 12.9. The smallest absolute Gasteiger partial charge is 0.234 e. The molecular formula is C12H19NO3S. The number of aliphatic hydroxyl groups excluding tert-OH is 1. The van der Waals surface area contributed by atoms with Gasteiger partial charge in [0.2, 0.25) is 10.0 Å². The van der Waals surface area contributed by atoms with Crippen molar-refractivity contribution in [3.63, 3.8) is 0 Å². The quantitative estimate of drug-likeness (QED) is 0.841. The monoisotopic (exact) mass is 257 g/mol. The first-order valence-corrected chi connectivity index (χ1v) is 7.30. The van der Waals surface area contributed by atoms with Crippen LogP contribution in [0.5, 0.6) is 0 Å². The first-order valence-electron chi connectivity index (χ1n) is 5.70. The minimum absolute atomic E-state index is 0.0123. The maximum atomic E-state index is 12.0. The van der Waals surface area contributed by atoms with E-state index in [9.17, 15) is 8.42 Å². The molecule has 0 bridgehead atoms. The molecule has 1 aromatic rings. The first kappa shape index (κ1) is 14.0. The van der Waals surface area contributed by atoms with Gasteiger partial charge >= 0.3 is 0 Å². The number of aryl methyl sites for hydroxylation is 1. The summed E-state index contributed by atoms with van der Waals surface area (Å²) in [4.78, 5) is 0. The molecule has 1 rings (SSSR count). The molecule has 0 spiro atoms. The van der Waals surface area contributed by atoms with E-state index >= 15 is 0 Å². The Morgan fingerprint density at radius 1 is 1.29 bits per heavy atom. The molecule has 4 nitrogen and oxygen atoms in total. The summed E-state index contributed by atoms with van der Waals surface area (Å²) in [7, 11) is -3.29. The number of hydrogen-bond donors (Lipinski definition) is 1. The van der Waals surface area contributed by atoms with Gasteiger partial charge in [0.1, 0.15) is 0 Å². The molecule has 0 heterocycles. The molecule has 1 aromatic carbocycles. The van der Waals surface area contributed by atoms with Crippen molar-refractivity contribution in [1.29, 1.82) is 0 Å². The van der Waals surface area contributed by atoms with Crippen molar-refractivity contribution < 1.29 is 13.5 Å². The fourth-order valence-electron chi connectivity index (χ4n) is 1.62. The largest absolute Gasteiger partial charge is 0.396 e. The van der Waals surface area contributed by atoms with Crippen LogP contribution >= 0.6 is 0 Å². The number of nitrogens with zero attached hydrogens (tertiary/aromatic N) is 1. The van der Waals surface area contributed by atoms with Crippen LogP contribution in [0.2, 0.25) is 0 Å². The van der Waals surface area contributed by atoms with Crippen molar-refractivity contribution in [3.05, 3.63) is 29.8 Å². The second-order valence-corrected chi connectivity index (χ2v) is 6.02. The molecule has 0 radical (unpaired) electrons. The molecule has 0 aliphatic rings. The van der Waals surface area contributed by atoms with Crippen LogP contribution in [0.3, 0.4) is 0 Å². The molecule has 0 saturated carbocycles. The van der Waals surface area contributed by atoms with Crippen LogP contribution < -0.4 is 4.31 Å². The Balaban J connectivity index is 3.11. The van der Waals surface area contributed by atoms with Gasteiger partial charge in [-0.25, -0.2) is 8.42 Å². The van der Waals surface area contributed by atoms with Gasteiger partial charge in [0.25, 0.3) is 0 Å². The summed E-state index contributed by atoms with van der Waals surface area (Å²) in [6.45, 7) is 3.81. The predicted octanol–water partition coefficient (Wildman–Crippen LogP) is 1.53. The van der Waals surface area contributed by atoms with Gasteiger partial charge in [0.05, 0.1) is 11.4 Å². The lowest BCUT2D eigenvalue weighted by Gasteiger charge is -2.25. The number of para-hydroxylation sites is 1. The van der Waals surface area contributed by atoms with E-state index in [1.165, 1.54) is 4.31 Å². The number of hydrogen-bond acceptors (Lipinski definition) is 3. The summed E-state index contributed by atoms with van der Waals surface area (Å²) in [6, 6.07) is 7.37. The Morgan fingerprint density at radius 3 is 2.47 bits per heavy atom. The average Bonchev–Trinajstić information content (AvgIpc) is 2.31. The summed E-state index contributed by atoms with van der Waals surface area (Å²) < 4.78 is 25.4. The molecule has 0 atom stereocenters. The molecular weight excluding hydrogens is 238 g/mol. The highest BCUT2D eigenvalue weighted by molar-refractivity contribution is 7.92. The van der Waals surface area contributed by atoms with Gasteiger partial charge in [-0.2, -0.15) is 0 Å². The lowest BCUT2D eigenvalue weighted by Crippen LogP contribution is -2.34. The predicted molar refractivity (Wildman–Crippen MR) is 69.7 cm³/mol. The van der Waals surface area contributed by atoms with Crippen LogP contribution in [0, 0.1) is 6.92 Å². The minimum Gasteiger partial charge on any atom is -0.396 e. The summed E-state index contributed by atoms with van der Waals surface area (Å²) in [5.74, 6) is 0.0623. The summed E-state index contributed by atoms with van der Waals surface area (Å²) in [6.07, 6.45) is 0.438. The fourth-order valence-corrected chi connectivity index (χ4v) is 2.85. The normalized spacial score (nSPS) is 11.5. The second-order valence-electron chi connectivity index (χ2n) is 3.84. The SMILES string of the molecule is CCS(=O)(=O)N(CCCO)c1ccccc1C. The third-order valence-electron chi connectivity index (χ3n) is 2.60. The molecule has 1 N–H and O–H groups in total. The average molecular weight is 257 g/mol.